The van der Waals surface area contributed by atoms with E-state index in [1.807, 2.05) is 0 Å². The van der Waals surface area contributed by atoms with E-state index in [1.165, 1.54) is 51.4 Å². The van der Waals surface area contributed by atoms with E-state index in [0.717, 1.165) is 32.1 Å². The summed E-state index contributed by atoms with van der Waals surface area (Å²) in [5, 5.41) is 17.7. The zero-order chi connectivity index (χ0) is 20.2. The lowest BCUT2D eigenvalue weighted by atomic mass is 10.0. The number of halogens is 3. The lowest BCUT2D eigenvalue weighted by Crippen LogP contribution is -2.19. The van der Waals surface area contributed by atoms with E-state index in [2.05, 4.69) is 0 Å². The Labute approximate surface area is 163 Å². The molecule has 0 spiro atoms. The average molecular weight is 399 g/mol. The van der Waals surface area contributed by atoms with Gasteiger partial charge in [-0.15, -0.1) is 0 Å². The molecule has 0 fully saturated rings. The molecule has 0 aromatic heterocycles. The normalized spacial score (nSPS) is 13.2. The summed E-state index contributed by atoms with van der Waals surface area (Å²) in [6, 6.07) is 0. The molecule has 0 radical (unpaired) electrons. The smallest absolute Gasteiger partial charge is 0.389 e. The first kappa shape index (κ1) is 26.7. The quantitative estimate of drug-likeness (QED) is 0.241. The highest BCUT2D eigenvalue weighted by molar-refractivity contribution is 4.53. The number of unbranched alkanes of at least 4 members (excludes halogenated alkanes) is 14. The summed E-state index contributed by atoms with van der Waals surface area (Å²) in [6.45, 7) is 0.624. The van der Waals surface area contributed by atoms with E-state index < -0.39 is 18.7 Å². The molecule has 164 valence electrons. The molecule has 0 aliphatic rings. The van der Waals surface area contributed by atoms with Crippen LogP contribution in [0, 0.1) is 0 Å². The van der Waals surface area contributed by atoms with Gasteiger partial charge in [0, 0.05) is 13.0 Å². The van der Waals surface area contributed by atoms with Crippen molar-refractivity contribution in [2.75, 3.05) is 19.8 Å². The molecule has 0 amide bonds. The van der Waals surface area contributed by atoms with Crippen LogP contribution >= 0.6 is 0 Å². The van der Waals surface area contributed by atoms with Gasteiger partial charge in [0.15, 0.2) is 0 Å². The molecular weight excluding hydrogens is 357 g/mol. The first-order valence-corrected chi connectivity index (χ1v) is 10.9. The van der Waals surface area contributed by atoms with E-state index in [0.29, 0.717) is 13.0 Å². The Morgan fingerprint density at radius 2 is 1.00 bits per heavy atom. The Bertz CT molecular complexity index is 299. The second-order valence-corrected chi connectivity index (χ2v) is 7.58. The molecule has 3 nitrogen and oxygen atoms in total. The van der Waals surface area contributed by atoms with Gasteiger partial charge in [-0.2, -0.15) is 13.2 Å². The monoisotopic (exact) mass is 398 g/mol. The number of aliphatic hydroxyl groups is 2. The van der Waals surface area contributed by atoms with Crippen LogP contribution in [0.25, 0.3) is 0 Å². The van der Waals surface area contributed by atoms with Crippen LogP contribution in [0.4, 0.5) is 13.2 Å². The highest BCUT2D eigenvalue weighted by Crippen LogP contribution is 2.23. The maximum absolute atomic E-state index is 12.0. The summed E-state index contributed by atoms with van der Waals surface area (Å²) >= 11 is 0. The fourth-order valence-corrected chi connectivity index (χ4v) is 3.10. The summed E-state index contributed by atoms with van der Waals surface area (Å²) in [5.41, 5.74) is 0. The average Bonchev–Trinajstić information content (AvgIpc) is 2.62. The number of aliphatic hydroxyl groups excluding tert-OH is 2. The minimum atomic E-state index is -3.99. The van der Waals surface area contributed by atoms with Gasteiger partial charge in [0.25, 0.3) is 0 Å². The van der Waals surface area contributed by atoms with Crippen LogP contribution in [0.3, 0.4) is 0 Å². The first-order valence-electron chi connectivity index (χ1n) is 10.9. The van der Waals surface area contributed by atoms with Crippen LogP contribution in [-0.2, 0) is 4.74 Å². The SMILES string of the molecule is OC[C@H](O)COCCCCCCCCCCCCCCCCCC(F)(F)F. The zero-order valence-corrected chi connectivity index (χ0v) is 16.9. The van der Waals surface area contributed by atoms with Crippen LogP contribution in [0.1, 0.15) is 103 Å². The van der Waals surface area contributed by atoms with Crippen LogP contribution in [0.2, 0.25) is 0 Å². The molecule has 0 unspecified atom stereocenters. The number of ether oxygens (including phenoxy) is 1. The van der Waals surface area contributed by atoms with E-state index in [-0.39, 0.29) is 19.6 Å². The third-order valence-corrected chi connectivity index (χ3v) is 4.77. The summed E-state index contributed by atoms with van der Waals surface area (Å²) in [6.07, 6.45) is 11.0. The van der Waals surface area contributed by atoms with E-state index in [1.54, 1.807) is 0 Å². The summed E-state index contributed by atoms with van der Waals surface area (Å²) in [7, 11) is 0. The predicted molar refractivity (Wildman–Crippen MR) is 104 cm³/mol. The minimum Gasteiger partial charge on any atom is -0.394 e. The lowest BCUT2D eigenvalue weighted by Gasteiger charge is -2.08. The van der Waals surface area contributed by atoms with Gasteiger partial charge in [-0.25, -0.2) is 0 Å². The molecule has 0 aromatic carbocycles. The number of hydrogen-bond donors (Lipinski definition) is 2. The molecule has 0 heterocycles. The van der Waals surface area contributed by atoms with Gasteiger partial charge < -0.3 is 14.9 Å². The molecule has 0 saturated heterocycles. The van der Waals surface area contributed by atoms with Gasteiger partial charge in [0.2, 0.25) is 0 Å². The highest BCUT2D eigenvalue weighted by atomic mass is 19.4. The van der Waals surface area contributed by atoms with Gasteiger partial charge in [-0.05, 0) is 12.8 Å². The van der Waals surface area contributed by atoms with Crippen LogP contribution in [-0.4, -0.2) is 42.3 Å². The molecule has 0 bridgehead atoms. The van der Waals surface area contributed by atoms with Crippen LogP contribution in [0.15, 0.2) is 0 Å². The van der Waals surface area contributed by atoms with E-state index in [9.17, 15) is 13.2 Å². The Kier molecular flexibility index (Phi) is 18.8. The molecule has 0 aliphatic carbocycles. The number of rotatable bonds is 20. The lowest BCUT2D eigenvalue weighted by molar-refractivity contribution is -0.135. The second-order valence-electron chi connectivity index (χ2n) is 7.58. The van der Waals surface area contributed by atoms with Crippen molar-refractivity contribution in [1.82, 2.24) is 0 Å². The van der Waals surface area contributed by atoms with Crippen molar-refractivity contribution in [1.29, 1.82) is 0 Å². The fourth-order valence-electron chi connectivity index (χ4n) is 3.10. The second kappa shape index (κ2) is 19.0. The van der Waals surface area contributed by atoms with Crippen LogP contribution in [0.5, 0.6) is 0 Å². The topological polar surface area (TPSA) is 49.7 Å². The third-order valence-electron chi connectivity index (χ3n) is 4.77. The van der Waals surface area contributed by atoms with Crippen molar-refractivity contribution in [3.63, 3.8) is 0 Å². The maximum atomic E-state index is 12.0. The minimum absolute atomic E-state index is 0.217. The van der Waals surface area contributed by atoms with Crippen molar-refractivity contribution in [2.24, 2.45) is 0 Å². The molecule has 27 heavy (non-hydrogen) atoms. The maximum Gasteiger partial charge on any atom is 0.389 e. The Hall–Kier alpha value is -0.330. The molecule has 0 aliphatic heterocycles. The van der Waals surface area contributed by atoms with Crippen molar-refractivity contribution in [3.8, 4) is 0 Å². The standard InChI is InChI=1S/C21H41F3O3/c22-21(23,24)16-14-12-10-8-6-4-2-1-3-5-7-9-11-13-15-17-27-19-20(26)18-25/h20,25-26H,1-19H2/t20-/m0/s1. The Morgan fingerprint density at radius 1 is 0.630 bits per heavy atom. The fraction of sp³-hybridized carbons (Fsp3) is 1.00. The van der Waals surface area contributed by atoms with E-state index >= 15 is 0 Å². The van der Waals surface area contributed by atoms with Crippen molar-refractivity contribution in [3.05, 3.63) is 0 Å². The van der Waals surface area contributed by atoms with Crippen molar-refractivity contribution < 1.29 is 28.1 Å². The molecule has 0 saturated carbocycles. The van der Waals surface area contributed by atoms with Gasteiger partial charge >= 0.3 is 6.18 Å². The van der Waals surface area contributed by atoms with Crippen molar-refractivity contribution in [2.45, 2.75) is 115 Å². The summed E-state index contributed by atoms with van der Waals surface area (Å²) in [5.74, 6) is 0. The van der Waals surface area contributed by atoms with E-state index in [4.69, 9.17) is 14.9 Å². The molecular formula is C21H41F3O3. The Balaban J connectivity index is 3.05. The van der Waals surface area contributed by atoms with Gasteiger partial charge in [-0.1, -0.05) is 83.5 Å². The predicted octanol–water partition coefficient (Wildman–Crippen LogP) is 6.16. The third kappa shape index (κ3) is 23.6. The summed E-state index contributed by atoms with van der Waals surface area (Å²) < 4.78 is 41.2. The zero-order valence-electron chi connectivity index (χ0n) is 16.9. The molecule has 0 aromatic rings. The molecule has 0 rings (SSSR count). The van der Waals surface area contributed by atoms with Gasteiger partial charge in [0.1, 0.15) is 6.10 Å². The van der Waals surface area contributed by atoms with Crippen molar-refractivity contribution >= 4 is 0 Å². The first-order chi connectivity index (χ1) is 13.0. The molecule has 2 N–H and O–H groups in total. The molecule has 1 atom stereocenters. The Morgan fingerprint density at radius 3 is 1.37 bits per heavy atom. The van der Waals surface area contributed by atoms with Gasteiger partial charge in [-0.3, -0.25) is 0 Å². The highest BCUT2D eigenvalue weighted by Gasteiger charge is 2.25. The number of hydrogen-bond acceptors (Lipinski definition) is 3. The molecule has 6 heteroatoms. The van der Waals surface area contributed by atoms with Gasteiger partial charge in [0.05, 0.1) is 13.2 Å². The summed E-state index contributed by atoms with van der Waals surface area (Å²) in [4.78, 5) is 0. The number of alkyl halides is 3. The largest absolute Gasteiger partial charge is 0.394 e. The van der Waals surface area contributed by atoms with Crippen LogP contribution < -0.4 is 0 Å².